The first kappa shape index (κ1) is 14.0. The van der Waals surface area contributed by atoms with Crippen LogP contribution in [0, 0.1) is 13.8 Å². The van der Waals surface area contributed by atoms with E-state index >= 15 is 0 Å². The van der Waals surface area contributed by atoms with Crippen LogP contribution in [0.15, 0.2) is 12.1 Å². The van der Waals surface area contributed by atoms with Crippen molar-refractivity contribution in [2.75, 3.05) is 13.7 Å². The number of methoxy groups -OCH3 is 1. The molecular formula is C14H24N2O. The Morgan fingerprint density at radius 2 is 1.88 bits per heavy atom. The Bertz CT molecular complexity index is 386. The van der Waals surface area contributed by atoms with Gasteiger partial charge in [-0.1, -0.05) is 6.07 Å². The summed E-state index contributed by atoms with van der Waals surface area (Å²) in [5, 5.41) is 3.46. The van der Waals surface area contributed by atoms with E-state index in [1.54, 1.807) is 7.11 Å². The molecule has 0 saturated carbocycles. The van der Waals surface area contributed by atoms with Crippen LogP contribution in [-0.4, -0.2) is 19.2 Å². The van der Waals surface area contributed by atoms with Crippen molar-refractivity contribution in [1.82, 2.24) is 5.32 Å². The third-order valence-corrected chi connectivity index (χ3v) is 3.12. The van der Waals surface area contributed by atoms with Crippen LogP contribution in [0.1, 0.15) is 30.5 Å². The van der Waals surface area contributed by atoms with Crippen molar-refractivity contribution in [2.24, 2.45) is 5.73 Å². The maximum Gasteiger partial charge on any atom is 0.122 e. The molecule has 17 heavy (non-hydrogen) atoms. The molecule has 0 aliphatic heterocycles. The number of benzene rings is 1. The van der Waals surface area contributed by atoms with Gasteiger partial charge in [0.1, 0.15) is 5.75 Å². The minimum atomic E-state index is -0.0275. The van der Waals surface area contributed by atoms with Crippen molar-refractivity contribution in [1.29, 1.82) is 0 Å². The standard InChI is InChI=1S/C14H24N2O/c1-10-7-13(17-5)11(2)6-12(10)8-16-14(3,4)9-15/h6-7,16H,8-9,15H2,1-5H3. The van der Waals surface area contributed by atoms with Gasteiger partial charge < -0.3 is 15.8 Å². The molecule has 0 fully saturated rings. The zero-order valence-corrected chi connectivity index (χ0v) is 11.6. The monoisotopic (exact) mass is 236 g/mol. The van der Waals surface area contributed by atoms with Crippen molar-refractivity contribution in [3.8, 4) is 5.75 Å². The Balaban J connectivity index is 2.82. The normalized spacial score (nSPS) is 11.6. The third-order valence-electron chi connectivity index (χ3n) is 3.12. The summed E-state index contributed by atoms with van der Waals surface area (Å²) < 4.78 is 5.31. The lowest BCUT2D eigenvalue weighted by atomic mass is 10.0. The molecule has 3 N–H and O–H groups in total. The highest BCUT2D eigenvalue weighted by Crippen LogP contribution is 2.22. The van der Waals surface area contributed by atoms with E-state index in [0.717, 1.165) is 12.3 Å². The Morgan fingerprint density at radius 3 is 2.41 bits per heavy atom. The van der Waals surface area contributed by atoms with Crippen LogP contribution in [0.2, 0.25) is 0 Å². The number of nitrogens with two attached hydrogens (primary N) is 1. The second-order valence-electron chi connectivity index (χ2n) is 5.19. The van der Waals surface area contributed by atoms with Gasteiger partial charge in [-0.3, -0.25) is 0 Å². The summed E-state index contributed by atoms with van der Waals surface area (Å²) in [5.74, 6) is 0.948. The first-order valence-corrected chi connectivity index (χ1v) is 5.99. The number of ether oxygens (including phenoxy) is 1. The highest BCUT2D eigenvalue weighted by Gasteiger charge is 2.14. The second-order valence-corrected chi connectivity index (χ2v) is 5.19. The first-order chi connectivity index (χ1) is 7.89. The summed E-state index contributed by atoms with van der Waals surface area (Å²) in [4.78, 5) is 0. The molecule has 0 atom stereocenters. The van der Waals surface area contributed by atoms with Gasteiger partial charge in [0, 0.05) is 18.6 Å². The van der Waals surface area contributed by atoms with Gasteiger partial charge >= 0.3 is 0 Å². The predicted octanol–water partition coefficient (Wildman–Crippen LogP) is 2.14. The molecule has 0 unspecified atom stereocenters. The first-order valence-electron chi connectivity index (χ1n) is 5.99. The van der Waals surface area contributed by atoms with E-state index in [4.69, 9.17) is 10.5 Å². The van der Waals surface area contributed by atoms with E-state index in [1.807, 2.05) is 0 Å². The lowest BCUT2D eigenvalue weighted by molar-refractivity contribution is 0.395. The van der Waals surface area contributed by atoms with Crippen LogP contribution in [0.3, 0.4) is 0 Å². The third kappa shape index (κ3) is 3.72. The summed E-state index contributed by atoms with van der Waals surface area (Å²) in [6.07, 6.45) is 0. The predicted molar refractivity (Wildman–Crippen MR) is 72.4 cm³/mol. The Hall–Kier alpha value is -1.06. The Morgan fingerprint density at radius 1 is 1.24 bits per heavy atom. The smallest absolute Gasteiger partial charge is 0.122 e. The number of hydrogen-bond donors (Lipinski definition) is 2. The van der Waals surface area contributed by atoms with Gasteiger partial charge in [-0.25, -0.2) is 0 Å². The molecule has 0 aliphatic rings. The van der Waals surface area contributed by atoms with E-state index in [2.05, 4.69) is 45.1 Å². The Labute approximate surface area is 104 Å². The number of rotatable bonds is 5. The van der Waals surface area contributed by atoms with Crippen LogP contribution in [0.5, 0.6) is 5.75 Å². The van der Waals surface area contributed by atoms with Gasteiger partial charge in [-0.15, -0.1) is 0 Å². The van der Waals surface area contributed by atoms with Gasteiger partial charge in [0.25, 0.3) is 0 Å². The summed E-state index contributed by atoms with van der Waals surface area (Å²) >= 11 is 0. The molecule has 0 aliphatic carbocycles. The van der Waals surface area contributed by atoms with Crippen LogP contribution >= 0.6 is 0 Å². The summed E-state index contributed by atoms with van der Waals surface area (Å²) in [6, 6.07) is 4.26. The minimum absolute atomic E-state index is 0.0275. The minimum Gasteiger partial charge on any atom is -0.496 e. The van der Waals surface area contributed by atoms with Crippen LogP contribution in [0.4, 0.5) is 0 Å². The summed E-state index contributed by atoms with van der Waals surface area (Å²) in [7, 11) is 1.71. The average molecular weight is 236 g/mol. The topological polar surface area (TPSA) is 47.3 Å². The van der Waals surface area contributed by atoms with Crippen molar-refractivity contribution < 1.29 is 4.74 Å². The molecule has 0 heterocycles. The lowest BCUT2D eigenvalue weighted by Gasteiger charge is -2.25. The van der Waals surface area contributed by atoms with E-state index in [-0.39, 0.29) is 5.54 Å². The van der Waals surface area contributed by atoms with Crippen molar-refractivity contribution in [3.05, 3.63) is 28.8 Å². The molecule has 0 saturated heterocycles. The van der Waals surface area contributed by atoms with E-state index in [9.17, 15) is 0 Å². The molecule has 96 valence electrons. The van der Waals surface area contributed by atoms with E-state index in [1.165, 1.54) is 16.7 Å². The Kier molecular flexibility index (Phi) is 4.54. The molecule has 0 amide bonds. The van der Waals surface area contributed by atoms with Gasteiger partial charge in [0.15, 0.2) is 0 Å². The van der Waals surface area contributed by atoms with Crippen molar-refractivity contribution in [2.45, 2.75) is 39.8 Å². The molecule has 1 aromatic rings. The van der Waals surface area contributed by atoms with Gasteiger partial charge in [-0.2, -0.15) is 0 Å². The van der Waals surface area contributed by atoms with Gasteiger partial charge in [0.2, 0.25) is 0 Å². The zero-order valence-electron chi connectivity index (χ0n) is 11.6. The van der Waals surface area contributed by atoms with Crippen LogP contribution in [0.25, 0.3) is 0 Å². The van der Waals surface area contributed by atoms with Gasteiger partial charge in [-0.05, 0) is 50.5 Å². The highest BCUT2D eigenvalue weighted by atomic mass is 16.5. The van der Waals surface area contributed by atoms with E-state index in [0.29, 0.717) is 6.54 Å². The van der Waals surface area contributed by atoms with Crippen molar-refractivity contribution >= 4 is 0 Å². The molecule has 3 heteroatoms. The quantitative estimate of drug-likeness (QED) is 0.823. The molecule has 1 rings (SSSR count). The van der Waals surface area contributed by atoms with Crippen LogP contribution in [-0.2, 0) is 6.54 Å². The fourth-order valence-corrected chi connectivity index (χ4v) is 1.67. The molecule has 0 bridgehead atoms. The number of hydrogen-bond acceptors (Lipinski definition) is 3. The maximum atomic E-state index is 5.70. The van der Waals surface area contributed by atoms with E-state index < -0.39 is 0 Å². The molecule has 0 radical (unpaired) electrons. The lowest BCUT2D eigenvalue weighted by Crippen LogP contribution is -2.45. The molecule has 1 aromatic carbocycles. The fraction of sp³-hybridized carbons (Fsp3) is 0.571. The summed E-state index contributed by atoms with van der Waals surface area (Å²) in [6.45, 7) is 9.85. The zero-order chi connectivity index (χ0) is 13.1. The highest BCUT2D eigenvalue weighted by molar-refractivity contribution is 5.41. The van der Waals surface area contributed by atoms with Crippen LogP contribution < -0.4 is 15.8 Å². The SMILES string of the molecule is COc1cc(C)c(CNC(C)(C)CN)cc1C. The summed E-state index contributed by atoms with van der Waals surface area (Å²) in [5.41, 5.74) is 9.38. The fourth-order valence-electron chi connectivity index (χ4n) is 1.67. The number of nitrogens with one attached hydrogen (secondary N) is 1. The van der Waals surface area contributed by atoms with Crippen molar-refractivity contribution in [3.63, 3.8) is 0 Å². The largest absolute Gasteiger partial charge is 0.496 e. The molecule has 0 spiro atoms. The second kappa shape index (κ2) is 5.52. The van der Waals surface area contributed by atoms with Gasteiger partial charge in [0.05, 0.1) is 7.11 Å². The molecular weight excluding hydrogens is 212 g/mol. The maximum absolute atomic E-state index is 5.70. The number of aryl methyl sites for hydroxylation is 2. The molecule has 3 nitrogen and oxygen atoms in total. The molecule has 0 aromatic heterocycles. The average Bonchev–Trinajstić information content (AvgIpc) is 2.29.